The summed E-state index contributed by atoms with van der Waals surface area (Å²) in [5.74, 6) is 0.693. The number of aromatic nitrogens is 3. The molecule has 0 unspecified atom stereocenters. The van der Waals surface area contributed by atoms with Crippen molar-refractivity contribution in [3.63, 3.8) is 0 Å². The average Bonchev–Trinajstić information content (AvgIpc) is 3.05. The highest BCUT2D eigenvalue weighted by atomic mass is 35.5. The van der Waals surface area contributed by atoms with E-state index in [-0.39, 0.29) is 5.78 Å². The molecule has 4 nitrogen and oxygen atoms in total. The smallest absolute Gasteiger partial charge is 0.193 e. The Bertz CT molecular complexity index is 1020. The van der Waals surface area contributed by atoms with Gasteiger partial charge in [-0.1, -0.05) is 66.2 Å². The fraction of sp³-hybridized carbons (Fsp3) is 0. The number of imidazole rings is 1. The first kappa shape index (κ1) is 14.6. The second-order valence-corrected chi connectivity index (χ2v) is 5.75. The van der Waals surface area contributed by atoms with Gasteiger partial charge in [-0.25, -0.2) is 9.97 Å². The molecule has 0 fully saturated rings. The fourth-order valence-corrected chi connectivity index (χ4v) is 2.69. The quantitative estimate of drug-likeness (QED) is 0.443. The zero-order valence-corrected chi connectivity index (χ0v) is 13.3. The third kappa shape index (κ3) is 2.68. The molecule has 116 valence electrons. The van der Waals surface area contributed by atoms with Crippen LogP contribution in [0.15, 0.2) is 66.7 Å². The van der Waals surface area contributed by atoms with Gasteiger partial charge in [-0.2, -0.15) is 0 Å². The van der Waals surface area contributed by atoms with E-state index in [9.17, 15) is 4.79 Å². The Morgan fingerprint density at radius 3 is 2.29 bits per heavy atom. The summed E-state index contributed by atoms with van der Waals surface area (Å²) in [6.45, 7) is 0. The maximum atomic E-state index is 12.4. The molecule has 0 radical (unpaired) electrons. The SMILES string of the molecule is O=C(c1ccccc1)c1ccc(-c2nc3ccc(Cl)nc3[nH]2)cc1. The minimum atomic E-state index is 0.000189. The van der Waals surface area contributed by atoms with Crippen LogP contribution in [0.3, 0.4) is 0 Å². The number of hydrogen-bond donors (Lipinski definition) is 1. The lowest BCUT2D eigenvalue weighted by atomic mass is 10.0. The summed E-state index contributed by atoms with van der Waals surface area (Å²) in [4.78, 5) is 24.3. The van der Waals surface area contributed by atoms with E-state index in [4.69, 9.17) is 11.6 Å². The van der Waals surface area contributed by atoms with Crippen molar-refractivity contribution in [2.45, 2.75) is 0 Å². The van der Waals surface area contributed by atoms with Gasteiger partial charge in [0.05, 0.1) is 0 Å². The van der Waals surface area contributed by atoms with Gasteiger partial charge in [0.1, 0.15) is 16.5 Å². The topological polar surface area (TPSA) is 58.6 Å². The van der Waals surface area contributed by atoms with Crippen molar-refractivity contribution in [2.75, 3.05) is 0 Å². The van der Waals surface area contributed by atoms with Crippen molar-refractivity contribution in [1.82, 2.24) is 15.0 Å². The molecule has 4 rings (SSSR count). The van der Waals surface area contributed by atoms with E-state index < -0.39 is 0 Å². The molecule has 0 spiro atoms. The maximum absolute atomic E-state index is 12.4. The summed E-state index contributed by atoms with van der Waals surface area (Å²) in [7, 11) is 0. The number of halogens is 1. The van der Waals surface area contributed by atoms with Crippen molar-refractivity contribution in [3.05, 3.63) is 83.0 Å². The second kappa shape index (κ2) is 5.91. The van der Waals surface area contributed by atoms with Gasteiger partial charge in [-0.05, 0) is 12.1 Å². The van der Waals surface area contributed by atoms with Crippen molar-refractivity contribution in [2.24, 2.45) is 0 Å². The number of H-pyrrole nitrogens is 1. The number of fused-ring (bicyclic) bond motifs is 1. The summed E-state index contributed by atoms with van der Waals surface area (Å²) < 4.78 is 0. The van der Waals surface area contributed by atoms with Crippen LogP contribution in [0.5, 0.6) is 0 Å². The second-order valence-electron chi connectivity index (χ2n) is 5.36. The normalized spacial score (nSPS) is 10.9. The molecule has 0 aliphatic carbocycles. The zero-order valence-electron chi connectivity index (χ0n) is 12.5. The van der Waals surface area contributed by atoms with E-state index in [1.807, 2.05) is 48.5 Å². The van der Waals surface area contributed by atoms with Gasteiger partial charge in [-0.15, -0.1) is 0 Å². The molecule has 0 saturated carbocycles. The first-order valence-corrected chi connectivity index (χ1v) is 7.81. The number of ketones is 1. The van der Waals surface area contributed by atoms with Crippen LogP contribution >= 0.6 is 11.6 Å². The predicted molar refractivity (Wildman–Crippen MR) is 94.2 cm³/mol. The lowest BCUT2D eigenvalue weighted by Gasteiger charge is -2.02. The number of carbonyl (C=O) groups is 1. The molecule has 5 heteroatoms. The van der Waals surface area contributed by atoms with Crippen LogP contribution in [0, 0.1) is 0 Å². The Balaban J connectivity index is 1.66. The van der Waals surface area contributed by atoms with E-state index >= 15 is 0 Å². The van der Waals surface area contributed by atoms with Crippen LogP contribution in [0.1, 0.15) is 15.9 Å². The number of aromatic amines is 1. The van der Waals surface area contributed by atoms with Gasteiger partial charge in [0, 0.05) is 16.7 Å². The molecule has 0 saturated heterocycles. The minimum Gasteiger partial charge on any atom is -0.323 e. The molecule has 0 aliphatic heterocycles. The summed E-state index contributed by atoms with van der Waals surface area (Å²) in [6.07, 6.45) is 0. The number of nitrogens with zero attached hydrogens (tertiary/aromatic N) is 2. The summed E-state index contributed by atoms with van der Waals surface area (Å²) >= 11 is 5.89. The number of hydrogen-bond acceptors (Lipinski definition) is 3. The molecule has 0 amide bonds. The summed E-state index contributed by atoms with van der Waals surface area (Å²) in [5, 5.41) is 0.418. The Morgan fingerprint density at radius 1 is 0.833 bits per heavy atom. The lowest BCUT2D eigenvalue weighted by Crippen LogP contribution is -2.00. The fourth-order valence-electron chi connectivity index (χ4n) is 2.54. The van der Waals surface area contributed by atoms with Crippen molar-refractivity contribution >= 4 is 28.5 Å². The van der Waals surface area contributed by atoms with Gasteiger partial charge in [0.15, 0.2) is 11.4 Å². The molecular weight excluding hydrogens is 322 g/mol. The zero-order chi connectivity index (χ0) is 16.5. The van der Waals surface area contributed by atoms with Gasteiger partial charge >= 0.3 is 0 Å². The van der Waals surface area contributed by atoms with Crippen LogP contribution in [-0.4, -0.2) is 20.7 Å². The lowest BCUT2D eigenvalue weighted by molar-refractivity contribution is 0.103. The maximum Gasteiger partial charge on any atom is 0.193 e. The monoisotopic (exact) mass is 333 g/mol. The van der Waals surface area contributed by atoms with E-state index in [2.05, 4.69) is 15.0 Å². The van der Waals surface area contributed by atoms with E-state index in [1.54, 1.807) is 18.2 Å². The highest BCUT2D eigenvalue weighted by molar-refractivity contribution is 6.29. The molecule has 2 aromatic heterocycles. The molecule has 1 N–H and O–H groups in total. The van der Waals surface area contributed by atoms with E-state index in [0.717, 1.165) is 11.1 Å². The largest absolute Gasteiger partial charge is 0.323 e. The van der Waals surface area contributed by atoms with Crippen molar-refractivity contribution in [3.8, 4) is 11.4 Å². The summed E-state index contributed by atoms with van der Waals surface area (Å²) in [6, 6.07) is 20.1. The Kier molecular flexibility index (Phi) is 3.59. The van der Waals surface area contributed by atoms with Gasteiger partial charge in [0.25, 0.3) is 0 Å². The molecule has 2 aromatic carbocycles. The molecule has 4 aromatic rings. The van der Waals surface area contributed by atoms with Crippen molar-refractivity contribution in [1.29, 1.82) is 0 Å². The molecule has 24 heavy (non-hydrogen) atoms. The van der Waals surface area contributed by atoms with Crippen molar-refractivity contribution < 1.29 is 4.79 Å². The standard InChI is InChI=1S/C19H12ClN3O/c20-16-11-10-15-19(22-16)23-18(21-15)14-8-6-13(7-9-14)17(24)12-4-2-1-3-5-12/h1-11H,(H,21,22,23). The number of carbonyl (C=O) groups excluding carboxylic acids is 1. The molecule has 0 aliphatic rings. The number of nitrogens with one attached hydrogen (secondary N) is 1. The van der Waals surface area contributed by atoms with E-state index in [0.29, 0.717) is 27.8 Å². The van der Waals surface area contributed by atoms with Gasteiger partial charge < -0.3 is 4.98 Å². The van der Waals surface area contributed by atoms with Gasteiger partial charge in [0.2, 0.25) is 0 Å². The Morgan fingerprint density at radius 2 is 1.54 bits per heavy atom. The Labute approximate surface area is 143 Å². The molecular formula is C19H12ClN3O. The Hall–Kier alpha value is -2.98. The first-order valence-electron chi connectivity index (χ1n) is 7.43. The molecule has 2 heterocycles. The number of benzene rings is 2. The van der Waals surface area contributed by atoms with Crippen LogP contribution < -0.4 is 0 Å². The highest BCUT2D eigenvalue weighted by Crippen LogP contribution is 2.22. The predicted octanol–water partition coefficient (Wildman–Crippen LogP) is 4.51. The number of pyridine rings is 1. The molecule has 0 atom stereocenters. The van der Waals surface area contributed by atoms with E-state index in [1.165, 1.54) is 0 Å². The van der Waals surface area contributed by atoms with Crippen LogP contribution in [0.4, 0.5) is 0 Å². The highest BCUT2D eigenvalue weighted by Gasteiger charge is 2.10. The van der Waals surface area contributed by atoms with Crippen LogP contribution in [0.25, 0.3) is 22.6 Å². The third-order valence-corrected chi connectivity index (χ3v) is 3.98. The summed E-state index contributed by atoms with van der Waals surface area (Å²) in [5.41, 5.74) is 3.59. The van der Waals surface area contributed by atoms with Crippen LogP contribution in [-0.2, 0) is 0 Å². The van der Waals surface area contributed by atoms with Crippen LogP contribution in [0.2, 0.25) is 5.15 Å². The third-order valence-electron chi connectivity index (χ3n) is 3.77. The molecule has 0 bridgehead atoms. The first-order chi connectivity index (χ1) is 11.7. The number of rotatable bonds is 3. The average molecular weight is 334 g/mol. The van der Waals surface area contributed by atoms with Gasteiger partial charge in [-0.3, -0.25) is 4.79 Å². The minimum absolute atomic E-state index is 0.000189.